The molecule has 0 saturated heterocycles. The predicted molar refractivity (Wildman–Crippen MR) is 79.1 cm³/mol. The summed E-state index contributed by atoms with van der Waals surface area (Å²) in [4.78, 5) is 21.6. The molecule has 0 unspecified atom stereocenters. The summed E-state index contributed by atoms with van der Waals surface area (Å²) in [7, 11) is -4.08. The van der Waals surface area contributed by atoms with Crippen LogP contribution in [0.2, 0.25) is 0 Å². The first kappa shape index (κ1) is 16.1. The van der Waals surface area contributed by atoms with Crippen LogP contribution in [0.4, 0.5) is 0 Å². The van der Waals surface area contributed by atoms with Gasteiger partial charge in [-0.05, 0) is 28.5 Å². The molecule has 0 aliphatic carbocycles. The first-order valence-corrected chi connectivity index (χ1v) is 8.19. The summed E-state index contributed by atoms with van der Waals surface area (Å²) >= 11 is 0. The molecule has 0 fully saturated rings. The second kappa shape index (κ2) is 6.47. The highest BCUT2D eigenvalue weighted by Crippen LogP contribution is 2.34. The molecule has 0 amide bonds. The van der Waals surface area contributed by atoms with Gasteiger partial charge in [0.15, 0.2) is 0 Å². The highest BCUT2D eigenvalue weighted by atomic mass is 31.2. The van der Waals surface area contributed by atoms with Crippen molar-refractivity contribution in [1.29, 1.82) is 0 Å². The van der Waals surface area contributed by atoms with E-state index in [0.717, 1.165) is 16.7 Å². The highest BCUT2D eigenvalue weighted by Gasteiger charge is 2.13. The molecule has 0 radical (unpaired) electrons. The second-order valence-electron chi connectivity index (χ2n) is 5.28. The molecule has 0 atom stereocenters. The minimum Gasteiger partial charge on any atom is -0.323 e. The minimum atomic E-state index is -4.08. The molecule has 0 aromatic heterocycles. The zero-order chi connectivity index (χ0) is 14.6. The first-order chi connectivity index (χ1) is 8.72. The van der Waals surface area contributed by atoms with Crippen molar-refractivity contribution in [2.24, 2.45) is 4.99 Å². The van der Waals surface area contributed by atoms with Crippen molar-refractivity contribution in [1.82, 2.24) is 0 Å². The SMILES string of the molecule is CC(C)c1cccc(C(C)C)c1C=NCP(=O)(O)O. The lowest BCUT2D eigenvalue weighted by atomic mass is 9.89. The van der Waals surface area contributed by atoms with E-state index in [9.17, 15) is 4.57 Å². The van der Waals surface area contributed by atoms with E-state index in [1.807, 2.05) is 18.2 Å². The molecule has 1 aromatic rings. The summed E-state index contributed by atoms with van der Waals surface area (Å²) < 4.78 is 10.8. The molecule has 106 valence electrons. The maximum atomic E-state index is 10.8. The molecular weight excluding hydrogens is 261 g/mol. The van der Waals surface area contributed by atoms with E-state index in [0.29, 0.717) is 11.8 Å². The molecule has 0 bridgehead atoms. The molecule has 1 rings (SSSR count). The van der Waals surface area contributed by atoms with Gasteiger partial charge in [0.25, 0.3) is 0 Å². The summed E-state index contributed by atoms with van der Waals surface area (Å²) in [5.74, 6) is 0.686. The van der Waals surface area contributed by atoms with Crippen LogP contribution in [0.25, 0.3) is 0 Å². The number of hydrogen-bond acceptors (Lipinski definition) is 2. The van der Waals surface area contributed by atoms with Gasteiger partial charge in [-0.2, -0.15) is 0 Å². The zero-order valence-electron chi connectivity index (χ0n) is 11.9. The molecule has 19 heavy (non-hydrogen) atoms. The van der Waals surface area contributed by atoms with Gasteiger partial charge in [0.1, 0.15) is 6.29 Å². The van der Waals surface area contributed by atoms with E-state index in [1.54, 1.807) is 6.21 Å². The smallest absolute Gasteiger partial charge is 0.323 e. The van der Waals surface area contributed by atoms with Crippen molar-refractivity contribution in [2.75, 3.05) is 6.29 Å². The topological polar surface area (TPSA) is 69.9 Å². The van der Waals surface area contributed by atoms with Gasteiger partial charge in [0.2, 0.25) is 0 Å². The Kier molecular flexibility index (Phi) is 5.48. The average Bonchev–Trinajstić information content (AvgIpc) is 2.26. The average molecular weight is 283 g/mol. The van der Waals surface area contributed by atoms with Crippen LogP contribution >= 0.6 is 7.60 Å². The molecular formula is C14H22NO3P. The lowest BCUT2D eigenvalue weighted by molar-refractivity contribution is 0.374. The number of hydrogen-bond donors (Lipinski definition) is 2. The minimum absolute atomic E-state index is 0.343. The third-order valence-electron chi connectivity index (χ3n) is 2.90. The van der Waals surface area contributed by atoms with Crippen LogP contribution in [-0.2, 0) is 4.57 Å². The Hall–Kier alpha value is -0.960. The van der Waals surface area contributed by atoms with Crippen LogP contribution in [0.15, 0.2) is 23.2 Å². The number of nitrogens with zero attached hydrogens (tertiary/aromatic N) is 1. The van der Waals surface area contributed by atoms with Crippen LogP contribution in [0.3, 0.4) is 0 Å². The van der Waals surface area contributed by atoms with Crippen molar-refractivity contribution < 1.29 is 14.4 Å². The van der Waals surface area contributed by atoms with Gasteiger partial charge in [0, 0.05) is 6.21 Å². The van der Waals surface area contributed by atoms with Crippen LogP contribution in [0.1, 0.15) is 56.2 Å². The van der Waals surface area contributed by atoms with Crippen LogP contribution in [-0.4, -0.2) is 22.3 Å². The first-order valence-electron chi connectivity index (χ1n) is 6.39. The van der Waals surface area contributed by atoms with Crippen LogP contribution in [0, 0.1) is 0 Å². The molecule has 0 saturated carbocycles. The standard InChI is InChI=1S/C14H22NO3P/c1-10(2)12-6-5-7-13(11(3)4)14(12)8-15-9-19(16,17)18/h5-8,10-11H,9H2,1-4H3,(H2,16,17,18). The maximum Gasteiger partial charge on any atom is 0.346 e. The van der Waals surface area contributed by atoms with E-state index >= 15 is 0 Å². The van der Waals surface area contributed by atoms with Crippen LogP contribution in [0.5, 0.6) is 0 Å². The van der Waals surface area contributed by atoms with Gasteiger partial charge >= 0.3 is 7.60 Å². The van der Waals surface area contributed by atoms with E-state index in [2.05, 4.69) is 32.7 Å². The number of rotatable bonds is 5. The Bertz CT molecular complexity index is 477. The van der Waals surface area contributed by atoms with Crippen molar-refractivity contribution >= 4 is 13.8 Å². The summed E-state index contributed by atoms with van der Waals surface area (Å²) in [6.45, 7) is 8.39. The fraction of sp³-hybridized carbons (Fsp3) is 0.500. The normalized spacial score (nSPS) is 12.8. The van der Waals surface area contributed by atoms with Gasteiger partial charge in [-0.3, -0.25) is 9.56 Å². The van der Waals surface area contributed by atoms with Gasteiger partial charge in [-0.1, -0.05) is 45.9 Å². The molecule has 4 nitrogen and oxygen atoms in total. The Labute approximate surface area is 114 Å². The van der Waals surface area contributed by atoms with Crippen molar-refractivity contribution in [2.45, 2.75) is 39.5 Å². The second-order valence-corrected chi connectivity index (χ2v) is 6.89. The molecule has 0 aliphatic rings. The molecule has 0 aliphatic heterocycles. The largest absolute Gasteiger partial charge is 0.346 e. The van der Waals surface area contributed by atoms with Gasteiger partial charge in [0.05, 0.1) is 0 Å². The quantitative estimate of drug-likeness (QED) is 0.642. The molecule has 5 heteroatoms. The fourth-order valence-corrected chi connectivity index (χ4v) is 2.29. The summed E-state index contributed by atoms with van der Waals surface area (Å²) in [5, 5.41) is 0. The highest BCUT2D eigenvalue weighted by molar-refractivity contribution is 7.51. The number of benzene rings is 1. The Morgan fingerprint density at radius 3 is 2.00 bits per heavy atom. The Morgan fingerprint density at radius 1 is 1.16 bits per heavy atom. The maximum absolute atomic E-state index is 10.8. The predicted octanol–water partition coefficient (Wildman–Crippen LogP) is 3.49. The van der Waals surface area contributed by atoms with Gasteiger partial charge in [-0.15, -0.1) is 0 Å². The van der Waals surface area contributed by atoms with Gasteiger partial charge in [-0.25, -0.2) is 0 Å². The van der Waals surface area contributed by atoms with E-state index in [-0.39, 0.29) is 0 Å². The summed E-state index contributed by atoms with van der Waals surface area (Å²) in [5.41, 5.74) is 3.29. The third-order valence-corrected chi connectivity index (χ3v) is 3.44. The zero-order valence-corrected chi connectivity index (χ0v) is 12.8. The van der Waals surface area contributed by atoms with E-state index in [1.165, 1.54) is 0 Å². The molecule has 1 aromatic carbocycles. The summed E-state index contributed by atoms with van der Waals surface area (Å²) in [6, 6.07) is 6.09. The van der Waals surface area contributed by atoms with E-state index in [4.69, 9.17) is 9.79 Å². The van der Waals surface area contributed by atoms with Crippen molar-refractivity contribution in [3.8, 4) is 0 Å². The number of aliphatic imine (C=N–C) groups is 1. The lowest BCUT2D eigenvalue weighted by Gasteiger charge is -2.16. The fourth-order valence-electron chi connectivity index (χ4n) is 2.00. The summed E-state index contributed by atoms with van der Waals surface area (Å²) in [6.07, 6.45) is 1.14. The van der Waals surface area contributed by atoms with Crippen LogP contribution < -0.4 is 0 Å². The van der Waals surface area contributed by atoms with Crippen molar-refractivity contribution in [3.63, 3.8) is 0 Å². The Morgan fingerprint density at radius 2 is 1.63 bits per heavy atom. The Balaban J connectivity index is 3.18. The third kappa shape index (κ3) is 4.90. The molecule has 0 heterocycles. The van der Waals surface area contributed by atoms with Crippen molar-refractivity contribution in [3.05, 3.63) is 34.9 Å². The molecule has 2 N–H and O–H groups in total. The van der Waals surface area contributed by atoms with E-state index < -0.39 is 13.9 Å². The molecule has 0 spiro atoms. The monoisotopic (exact) mass is 283 g/mol. The van der Waals surface area contributed by atoms with Gasteiger partial charge < -0.3 is 9.79 Å². The lowest BCUT2D eigenvalue weighted by Crippen LogP contribution is -2.03.